The van der Waals surface area contributed by atoms with Crippen LogP contribution >= 0.6 is 0 Å². The van der Waals surface area contributed by atoms with Crippen LogP contribution in [0.2, 0.25) is 0 Å². The van der Waals surface area contributed by atoms with Gasteiger partial charge >= 0.3 is 5.97 Å². The third kappa shape index (κ3) is 4.94. The van der Waals surface area contributed by atoms with Gasteiger partial charge in [0.25, 0.3) is 0 Å². The second-order valence-corrected chi connectivity index (χ2v) is 6.50. The number of esters is 1. The lowest BCUT2D eigenvalue weighted by Crippen LogP contribution is -2.22. The van der Waals surface area contributed by atoms with Crippen LogP contribution in [0.5, 0.6) is 0 Å². The molecule has 1 aromatic heterocycles. The van der Waals surface area contributed by atoms with Gasteiger partial charge in [-0.1, -0.05) is 0 Å². The van der Waals surface area contributed by atoms with Crippen molar-refractivity contribution in [3.8, 4) is 6.07 Å². The highest BCUT2D eigenvalue weighted by molar-refractivity contribution is 7.89. The van der Waals surface area contributed by atoms with E-state index >= 15 is 0 Å². The van der Waals surface area contributed by atoms with Crippen LogP contribution in [0.3, 0.4) is 0 Å². The summed E-state index contributed by atoms with van der Waals surface area (Å²) in [5.41, 5.74) is 0.293. The second kappa shape index (κ2) is 8.14. The van der Waals surface area contributed by atoms with E-state index in [1.54, 1.807) is 18.2 Å². The highest BCUT2D eigenvalue weighted by Crippen LogP contribution is 2.15. The molecule has 0 saturated heterocycles. The number of anilines is 1. The van der Waals surface area contributed by atoms with Crippen molar-refractivity contribution < 1.29 is 22.4 Å². The molecule has 0 saturated carbocycles. The summed E-state index contributed by atoms with van der Waals surface area (Å²) in [5.74, 6) is -0.268. The molecule has 0 aliphatic carbocycles. The van der Waals surface area contributed by atoms with Gasteiger partial charge in [0.2, 0.25) is 10.0 Å². The van der Waals surface area contributed by atoms with Crippen LogP contribution in [0.1, 0.15) is 5.76 Å². The summed E-state index contributed by atoms with van der Waals surface area (Å²) in [5, 5.41) is 11.6. The number of sulfonamides is 1. The van der Waals surface area contributed by atoms with Crippen LogP contribution in [0.4, 0.5) is 5.69 Å². The molecule has 0 unspecified atom stereocenters. The number of hydrogen-bond donors (Lipinski definition) is 2. The van der Waals surface area contributed by atoms with Crippen LogP contribution in [-0.4, -0.2) is 21.5 Å². The summed E-state index contributed by atoms with van der Waals surface area (Å²) in [6.45, 7) is 0.0444. The quantitative estimate of drug-likeness (QED) is 0.438. The maximum atomic E-state index is 12.2. The molecule has 8 nitrogen and oxygen atoms in total. The van der Waals surface area contributed by atoms with Crippen LogP contribution in [0.15, 0.2) is 63.7 Å². The Morgan fingerprint density at radius 1 is 1.32 bits per heavy atom. The van der Waals surface area contributed by atoms with E-state index in [-0.39, 0.29) is 17.0 Å². The Hall–Kier alpha value is -3.09. The van der Waals surface area contributed by atoms with Crippen molar-refractivity contribution in [1.82, 2.24) is 4.72 Å². The zero-order valence-electron chi connectivity index (χ0n) is 13.2. The summed E-state index contributed by atoms with van der Waals surface area (Å²) < 4.78 is 36.3. The van der Waals surface area contributed by atoms with Gasteiger partial charge in [0.15, 0.2) is 5.57 Å². The van der Waals surface area contributed by atoms with Gasteiger partial charge in [0, 0.05) is 11.9 Å². The molecular weight excluding hydrogens is 346 g/mol. The van der Waals surface area contributed by atoms with E-state index in [1.807, 2.05) is 0 Å². The van der Waals surface area contributed by atoms with Gasteiger partial charge < -0.3 is 14.5 Å². The van der Waals surface area contributed by atoms with E-state index in [4.69, 9.17) is 9.68 Å². The Labute approximate surface area is 144 Å². The minimum absolute atomic E-state index is 0.0444. The van der Waals surface area contributed by atoms with Gasteiger partial charge in [-0.25, -0.2) is 17.9 Å². The molecule has 0 atom stereocenters. The molecular formula is C16H15N3O5S. The van der Waals surface area contributed by atoms with Crippen LogP contribution < -0.4 is 10.0 Å². The smallest absolute Gasteiger partial charge is 0.350 e. The maximum absolute atomic E-state index is 12.2. The fourth-order valence-corrected chi connectivity index (χ4v) is 2.79. The standard InChI is InChI=1S/C16H15N3O5S/c1-23-16(20)12(9-17)10-18-13-4-6-15(7-5-13)25(21,22)19-11-14-3-2-8-24-14/h2-8,10,18-19H,11H2,1H3/b12-10-. The number of carbonyl (C=O) groups is 1. The molecule has 0 fully saturated rings. The summed E-state index contributed by atoms with van der Waals surface area (Å²) in [7, 11) is -2.52. The summed E-state index contributed by atoms with van der Waals surface area (Å²) in [6.07, 6.45) is 2.64. The van der Waals surface area contributed by atoms with E-state index in [9.17, 15) is 13.2 Å². The Bertz CT molecular complexity index is 894. The van der Waals surface area contributed by atoms with E-state index in [1.165, 1.54) is 43.8 Å². The molecule has 2 N–H and O–H groups in total. The highest BCUT2D eigenvalue weighted by atomic mass is 32.2. The molecule has 2 aromatic rings. The normalized spacial score (nSPS) is 11.6. The first-order valence-corrected chi connectivity index (χ1v) is 8.52. The first-order chi connectivity index (χ1) is 12.0. The van der Waals surface area contributed by atoms with Gasteiger partial charge in [-0.05, 0) is 36.4 Å². The highest BCUT2D eigenvalue weighted by Gasteiger charge is 2.14. The zero-order valence-corrected chi connectivity index (χ0v) is 14.0. The molecule has 1 aromatic carbocycles. The Balaban J connectivity index is 2.05. The molecule has 0 bridgehead atoms. The molecule has 130 valence electrons. The number of carbonyl (C=O) groups excluding carboxylic acids is 1. The third-order valence-electron chi connectivity index (χ3n) is 3.09. The molecule has 2 rings (SSSR count). The number of nitriles is 1. The number of furan rings is 1. The fourth-order valence-electron chi connectivity index (χ4n) is 1.80. The minimum Gasteiger partial charge on any atom is -0.468 e. The lowest BCUT2D eigenvalue weighted by atomic mass is 10.3. The first kappa shape index (κ1) is 18.3. The van der Waals surface area contributed by atoms with Gasteiger partial charge in [0.1, 0.15) is 11.8 Å². The third-order valence-corrected chi connectivity index (χ3v) is 4.51. The van der Waals surface area contributed by atoms with Crippen molar-refractivity contribution in [3.05, 3.63) is 60.2 Å². The average molecular weight is 361 g/mol. The van der Waals surface area contributed by atoms with Crippen LogP contribution in [0.25, 0.3) is 0 Å². The number of nitrogens with zero attached hydrogens (tertiary/aromatic N) is 1. The number of nitrogens with one attached hydrogen (secondary N) is 2. The number of ether oxygens (including phenoxy) is 1. The van der Waals surface area contributed by atoms with Crippen LogP contribution in [0, 0.1) is 11.3 Å². The van der Waals surface area contributed by atoms with Crippen LogP contribution in [-0.2, 0) is 26.1 Å². The number of methoxy groups -OCH3 is 1. The number of benzene rings is 1. The van der Waals surface area contributed by atoms with Crippen molar-refractivity contribution in [2.75, 3.05) is 12.4 Å². The first-order valence-electron chi connectivity index (χ1n) is 7.03. The largest absolute Gasteiger partial charge is 0.468 e. The topological polar surface area (TPSA) is 121 Å². The molecule has 9 heteroatoms. The predicted octanol–water partition coefficient (Wildman–Crippen LogP) is 1.75. The van der Waals surface area contributed by atoms with Crippen molar-refractivity contribution in [2.45, 2.75) is 11.4 Å². The van der Waals surface area contributed by atoms with Crippen molar-refractivity contribution >= 4 is 21.7 Å². The fraction of sp³-hybridized carbons (Fsp3) is 0.125. The summed E-state index contributed by atoms with van der Waals surface area (Å²) in [4.78, 5) is 11.3. The van der Waals surface area contributed by atoms with Gasteiger partial charge in [-0.15, -0.1) is 0 Å². The van der Waals surface area contributed by atoms with Crippen molar-refractivity contribution in [1.29, 1.82) is 5.26 Å². The molecule has 0 spiro atoms. The molecule has 0 amide bonds. The molecule has 0 radical (unpaired) electrons. The second-order valence-electron chi connectivity index (χ2n) is 4.73. The average Bonchev–Trinajstić information content (AvgIpc) is 3.14. The van der Waals surface area contributed by atoms with Crippen molar-refractivity contribution in [2.24, 2.45) is 0 Å². The lowest BCUT2D eigenvalue weighted by molar-refractivity contribution is -0.135. The Morgan fingerprint density at radius 3 is 2.60 bits per heavy atom. The summed E-state index contributed by atoms with van der Waals surface area (Å²) in [6, 6.07) is 10.8. The summed E-state index contributed by atoms with van der Waals surface area (Å²) >= 11 is 0. The molecule has 0 aliphatic heterocycles. The molecule has 1 heterocycles. The van der Waals surface area contributed by atoms with Gasteiger partial charge in [0.05, 0.1) is 24.8 Å². The van der Waals surface area contributed by atoms with E-state index < -0.39 is 16.0 Å². The predicted molar refractivity (Wildman–Crippen MR) is 88.5 cm³/mol. The van der Waals surface area contributed by atoms with Gasteiger partial charge in [-0.2, -0.15) is 5.26 Å². The Morgan fingerprint density at radius 2 is 2.04 bits per heavy atom. The number of hydrogen-bond acceptors (Lipinski definition) is 7. The maximum Gasteiger partial charge on any atom is 0.350 e. The monoisotopic (exact) mass is 361 g/mol. The van der Waals surface area contributed by atoms with E-state index in [0.29, 0.717) is 11.4 Å². The van der Waals surface area contributed by atoms with Crippen molar-refractivity contribution in [3.63, 3.8) is 0 Å². The Kier molecular flexibility index (Phi) is 5.94. The zero-order chi connectivity index (χ0) is 18.3. The number of rotatable bonds is 7. The minimum atomic E-state index is -3.69. The lowest BCUT2D eigenvalue weighted by Gasteiger charge is -2.07. The van der Waals surface area contributed by atoms with E-state index in [0.717, 1.165) is 0 Å². The molecule has 0 aliphatic rings. The SMILES string of the molecule is COC(=O)/C(C#N)=C\Nc1ccc(S(=O)(=O)NCc2ccco2)cc1. The molecule has 25 heavy (non-hydrogen) atoms. The van der Waals surface area contributed by atoms with E-state index in [2.05, 4.69) is 14.8 Å². The van der Waals surface area contributed by atoms with Gasteiger partial charge in [-0.3, -0.25) is 0 Å².